The molecular weight excluding hydrogens is 265 g/mol. The van der Waals surface area contributed by atoms with Gasteiger partial charge in [0.1, 0.15) is 5.82 Å². The van der Waals surface area contributed by atoms with Crippen LogP contribution >= 0.6 is 0 Å². The highest BCUT2D eigenvalue weighted by Crippen LogP contribution is 2.20. The lowest BCUT2D eigenvalue weighted by molar-refractivity contribution is -0.385. The maximum Gasteiger partial charge on any atom is 0.273 e. The molecule has 0 atom stereocenters. The standard InChI is InChI=1S/C13H16FN3O3/c1-13(2-4-15-5-3-13)16-12(18)9-6-10(14)8-11(7-9)17(19)20/h6-8,15H,2-5H2,1H3,(H,16,18). The number of halogens is 1. The van der Waals surface area contributed by atoms with Gasteiger partial charge < -0.3 is 10.6 Å². The summed E-state index contributed by atoms with van der Waals surface area (Å²) in [6, 6.07) is 2.89. The summed E-state index contributed by atoms with van der Waals surface area (Å²) in [6.07, 6.45) is 1.52. The van der Waals surface area contributed by atoms with Crippen molar-refractivity contribution in [1.82, 2.24) is 10.6 Å². The van der Waals surface area contributed by atoms with Crippen LogP contribution in [0.15, 0.2) is 18.2 Å². The van der Waals surface area contributed by atoms with Crippen molar-refractivity contribution in [3.63, 3.8) is 0 Å². The van der Waals surface area contributed by atoms with Gasteiger partial charge in [0.05, 0.1) is 11.0 Å². The molecule has 1 amide bonds. The number of carbonyl (C=O) groups excluding carboxylic acids is 1. The van der Waals surface area contributed by atoms with E-state index in [0.29, 0.717) is 0 Å². The molecule has 1 aromatic carbocycles. The first-order valence-corrected chi connectivity index (χ1v) is 6.38. The van der Waals surface area contributed by atoms with Gasteiger partial charge in [0.15, 0.2) is 0 Å². The lowest BCUT2D eigenvalue weighted by Gasteiger charge is -2.35. The largest absolute Gasteiger partial charge is 0.347 e. The molecule has 108 valence electrons. The number of amides is 1. The monoisotopic (exact) mass is 281 g/mol. The zero-order chi connectivity index (χ0) is 14.8. The van der Waals surface area contributed by atoms with Gasteiger partial charge in [-0.15, -0.1) is 0 Å². The van der Waals surface area contributed by atoms with Crippen LogP contribution in [0.25, 0.3) is 0 Å². The minimum Gasteiger partial charge on any atom is -0.347 e. The van der Waals surface area contributed by atoms with Crippen LogP contribution in [0, 0.1) is 15.9 Å². The van der Waals surface area contributed by atoms with Crippen molar-refractivity contribution in [2.45, 2.75) is 25.3 Å². The molecule has 0 radical (unpaired) electrons. The number of hydrogen-bond donors (Lipinski definition) is 2. The Hall–Kier alpha value is -2.02. The van der Waals surface area contributed by atoms with Crippen molar-refractivity contribution >= 4 is 11.6 Å². The lowest BCUT2D eigenvalue weighted by atomic mass is 9.90. The van der Waals surface area contributed by atoms with Gasteiger partial charge in [-0.25, -0.2) is 4.39 Å². The van der Waals surface area contributed by atoms with Crippen LogP contribution in [0.3, 0.4) is 0 Å². The molecule has 1 aromatic rings. The normalized spacial score (nSPS) is 17.5. The van der Waals surface area contributed by atoms with Crippen LogP contribution in [-0.2, 0) is 0 Å². The van der Waals surface area contributed by atoms with Gasteiger partial charge in [0.2, 0.25) is 0 Å². The fraction of sp³-hybridized carbons (Fsp3) is 0.462. The zero-order valence-electron chi connectivity index (χ0n) is 11.1. The van der Waals surface area contributed by atoms with Crippen molar-refractivity contribution in [3.05, 3.63) is 39.7 Å². The Balaban J connectivity index is 2.18. The van der Waals surface area contributed by atoms with Crippen LogP contribution in [0.5, 0.6) is 0 Å². The molecule has 1 fully saturated rings. The predicted octanol–water partition coefficient (Wildman–Crippen LogP) is 1.61. The highest BCUT2D eigenvalue weighted by atomic mass is 19.1. The molecule has 1 aliphatic rings. The SMILES string of the molecule is CC1(NC(=O)c2cc(F)cc([N+](=O)[O-])c2)CCNCC1. The van der Waals surface area contributed by atoms with Crippen LogP contribution < -0.4 is 10.6 Å². The summed E-state index contributed by atoms with van der Waals surface area (Å²) in [5.41, 5.74) is -0.828. The van der Waals surface area contributed by atoms with E-state index in [4.69, 9.17) is 0 Å². The number of carbonyl (C=O) groups is 1. The highest BCUT2D eigenvalue weighted by Gasteiger charge is 2.29. The van der Waals surface area contributed by atoms with Crippen LogP contribution in [0.4, 0.5) is 10.1 Å². The molecule has 20 heavy (non-hydrogen) atoms. The second-order valence-electron chi connectivity index (χ2n) is 5.22. The van der Waals surface area contributed by atoms with E-state index >= 15 is 0 Å². The Bertz CT molecular complexity index is 542. The summed E-state index contributed by atoms with van der Waals surface area (Å²) in [5.74, 6) is -1.28. The highest BCUT2D eigenvalue weighted by molar-refractivity contribution is 5.95. The number of nitro benzene ring substituents is 1. The maximum atomic E-state index is 13.3. The first kappa shape index (κ1) is 14.4. The number of non-ortho nitro benzene ring substituents is 1. The fourth-order valence-corrected chi connectivity index (χ4v) is 2.26. The molecule has 0 aliphatic carbocycles. The van der Waals surface area contributed by atoms with E-state index in [2.05, 4.69) is 10.6 Å². The molecular formula is C13H16FN3O3. The predicted molar refractivity (Wildman–Crippen MR) is 71.0 cm³/mol. The van der Waals surface area contributed by atoms with Crippen LogP contribution in [-0.4, -0.2) is 29.5 Å². The molecule has 0 aromatic heterocycles. The van der Waals surface area contributed by atoms with Gasteiger partial charge in [0, 0.05) is 17.2 Å². The van der Waals surface area contributed by atoms with Crippen LogP contribution in [0.2, 0.25) is 0 Å². The third kappa shape index (κ3) is 3.30. The molecule has 0 bridgehead atoms. The number of nitrogens with zero attached hydrogens (tertiary/aromatic N) is 1. The molecule has 0 spiro atoms. The maximum absolute atomic E-state index is 13.3. The third-order valence-electron chi connectivity index (χ3n) is 3.48. The van der Waals surface area contributed by atoms with Gasteiger partial charge in [-0.05, 0) is 38.9 Å². The smallest absolute Gasteiger partial charge is 0.273 e. The Morgan fingerprint density at radius 3 is 2.65 bits per heavy atom. The van der Waals surface area contributed by atoms with Gasteiger partial charge >= 0.3 is 0 Å². The summed E-state index contributed by atoms with van der Waals surface area (Å²) in [6.45, 7) is 3.50. The van der Waals surface area contributed by atoms with Gasteiger partial charge in [-0.1, -0.05) is 0 Å². The quantitative estimate of drug-likeness (QED) is 0.651. The molecule has 1 heterocycles. The van der Waals surface area contributed by atoms with Crippen molar-refractivity contribution < 1.29 is 14.1 Å². The van der Waals surface area contributed by atoms with Crippen molar-refractivity contribution in [2.24, 2.45) is 0 Å². The van der Waals surface area contributed by atoms with Gasteiger partial charge in [0.25, 0.3) is 11.6 Å². The summed E-state index contributed by atoms with van der Waals surface area (Å²) >= 11 is 0. The fourth-order valence-electron chi connectivity index (χ4n) is 2.26. The molecule has 1 aliphatic heterocycles. The first-order chi connectivity index (χ1) is 9.39. The third-order valence-corrected chi connectivity index (χ3v) is 3.48. The Kier molecular flexibility index (Phi) is 3.99. The van der Waals surface area contributed by atoms with Crippen LogP contribution in [0.1, 0.15) is 30.1 Å². The van der Waals surface area contributed by atoms with E-state index < -0.39 is 22.3 Å². The van der Waals surface area contributed by atoms with E-state index in [9.17, 15) is 19.3 Å². The topological polar surface area (TPSA) is 84.3 Å². The molecule has 0 unspecified atom stereocenters. The zero-order valence-corrected chi connectivity index (χ0v) is 11.1. The summed E-state index contributed by atoms with van der Waals surface area (Å²) in [4.78, 5) is 22.1. The van der Waals surface area contributed by atoms with E-state index in [1.54, 1.807) is 0 Å². The summed E-state index contributed by atoms with van der Waals surface area (Å²) in [7, 11) is 0. The van der Waals surface area contributed by atoms with E-state index in [1.165, 1.54) is 0 Å². The molecule has 0 saturated carbocycles. The average molecular weight is 281 g/mol. The van der Waals surface area contributed by atoms with Gasteiger partial charge in [-0.3, -0.25) is 14.9 Å². The summed E-state index contributed by atoms with van der Waals surface area (Å²) in [5, 5.41) is 16.7. The molecule has 7 heteroatoms. The number of nitro groups is 1. The number of benzene rings is 1. The molecule has 2 rings (SSSR count). The van der Waals surface area contributed by atoms with E-state index in [-0.39, 0.29) is 11.1 Å². The minimum atomic E-state index is -0.792. The molecule has 2 N–H and O–H groups in total. The average Bonchev–Trinajstić information content (AvgIpc) is 2.38. The summed E-state index contributed by atoms with van der Waals surface area (Å²) < 4.78 is 13.3. The second kappa shape index (κ2) is 5.54. The lowest BCUT2D eigenvalue weighted by Crippen LogP contribution is -2.52. The van der Waals surface area contributed by atoms with E-state index in [0.717, 1.165) is 44.1 Å². The minimum absolute atomic E-state index is 0.0311. The van der Waals surface area contributed by atoms with Gasteiger partial charge in [-0.2, -0.15) is 0 Å². The van der Waals surface area contributed by atoms with Crippen molar-refractivity contribution in [3.8, 4) is 0 Å². The Labute approximate surface area is 115 Å². The second-order valence-corrected chi connectivity index (χ2v) is 5.22. The number of rotatable bonds is 3. The Morgan fingerprint density at radius 1 is 1.40 bits per heavy atom. The number of nitrogens with one attached hydrogen (secondary N) is 2. The number of hydrogen-bond acceptors (Lipinski definition) is 4. The Morgan fingerprint density at radius 2 is 2.05 bits per heavy atom. The molecule has 6 nitrogen and oxygen atoms in total. The van der Waals surface area contributed by atoms with E-state index in [1.807, 2.05) is 6.92 Å². The first-order valence-electron chi connectivity index (χ1n) is 6.38. The number of piperidine rings is 1. The van der Waals surface area contributed by atoms with Crippen molar-refractivity contribution in [1.29, 1.82) is 0 Å². The van der Waals surface area contributed by atoms with Crippen molar-refractivity contribution in [2.75, 3.05) is 13.1 Å². The molecule has 1 saturated heterocycles.